The van der Waals surface area contributed by atoms with Crippen LogP contribution in [0, 0.1) is 0 Å². The first-order valence-electron chi connectivity index (χ1n) is 12.1. The number of carbonyl (C=O) groups is 3. The third kappa shape index (κ3) is 5.82. The Morgan fingerprint density at radius 3 is 2.51 bits per heavy atom. The second kappa shape index (κ2) is 10.5. The molecule has 1 saturated heterocycles. The SMILES string of the molecule is COc1ccccc1C(=O)CNC(=O)c1cnn2c(C3CCN(C(=O)OC(C)(C)C)CC3)cc(=O)[nH]c12. The van der Waals surface area contributed by atoms with Gasteiger partial charge in [-0.15, -0.1) is 0 Å². The Morgan fingerprint density at radius 1 is 1.14 bits per heavy atom. The predicted molar refractivity (Wildman–Crippen MR) is 135 cm³/mol. The van der Waals surface area contributed by atoms with E-state index in [4.69, 9.17) is 9.47 Å². The molecule has 1 fully saturated rings. The van der Waals surface area contributed by atoms with E-state index in [1.165, 1.54) is 19.4 Å². The summed E-state index contributed by atoms with van der Waals surface area (Å²) >= 11 is 0. The first kappa shape index (κ1) is 25.9. The molecule has 196 valence electrons. The van der Waals surface area contributed by atoms with E-state index in [-0.39, 0.29) is 41.1 Å². The minimum absolute atomic E-state index is 0.0357. The normalized spacial score (nSPS) is 14.4. The molecule has 0 atom stereocenters. The number of amides is 2. The minimum atomic E-state index is -0.573. The van der Waals surface area contributed by atoms with Gasteiger partial charge in [0.1, 0.15) is 22.6 Å². The van der Waals surface area contributed by atoms with Crippen molar-refractivity contribution in [2.45, 2.75) is 45.1 Å². The molecule has 1 aromatic carbocycles. The summed E-state index contributed by atoms with van der Waals surface area (Å²) in [5.74, 6) is -0.463. The molecule has 2 N–H and O–H groups in total. The summed E-state index contributed by atoms with van der Waals surface area (Å²) in [6, 6.07) is 8.24. The molecule has 0 unspecified atom stereocenters. The highest BCUT2D eigenvalue weighted by molar-refractivity contribution is 6.05. The monoisotopic (exact) mass is 509 g/mol. The lowest BCUT2D eigenvalue weighted by Gasteiger charge is -2.33. The molecule has 0 bridgehead atoms. The zero-order chi connectivity index (χ0) is 26.7. The second-order valence-corrected chi connectivity index (χ2v) is 9.92. The van der Waals surface area contributed by atoms with Gasteiger partial charge in [-0.05, 0) is 45.7 Å². The number of likely N-dealkylation sites (tertiary alicyclic amines) is 1. The molecule has 0 spiro atoms. The number of benzene rings is 1. The number of methoxy groups -OCH3 is 1. The van der Waals surface area contributed by atoms with Crippen molar-refractivity contribution in [3.8, 4) is 5.75 Å². The molecule has 0 radical (unpaired) electrons. The van der Waals surface area contributed by atoms with E-state index in [2.05, 4.69) is 15.4 Å². The number of aromatic nitrogens is 3. The second-order valence-electron chi connectivity index (χ2n) is 9.92. The van der Waals surface area contributed by atoms with Crippen molar-refractivity contribution >= 4 is 23.4 Å². The van der Waals surface area contributed by atoms with Crippen LogP contribution in [0.2, 0.25) is 0 Å². The van der Waals surface area contributed by atoms with Gasteiger partial charge in [0, 0.05) is 25.1 Å². The molecule has 37 heavy (non-hydrogen) atoms. The molecule has 1 aliphatic heterocycles. The molecule has 2 amide bonds. The van der Waals surface area contributed by atoms with Crippen molar-refractivity contribution in [2.24, 2.45) is 0 Å². The fourth-order valence-electron chi connectivity index (χ4n) is 4.38. The third-order valence-corrected chi connectivity index (χ3v) is 6.16. The van der Waals surface area contributed by atoms with Crippen LogP contribution in [0.4, 0.5) is 4.79 Å². The van der Waals surface area contributed by atoms with Gasteiger partial charge in [-0.1, -0.05) is 12.1 Å². The molecule has 0 saturated carbocycles. The lowest BCUT2D eigenvalue weighted by molar-refractivity contribution is 0.0203. The van der Waals surface area contributed by atoms with Gasteiger partial charge < -0.3 is 24.7 Å². The summed E-state index contributed by atoms with van der Waals surface area (Å²) in [7, 11) is 1.47. The zero-order valence-electron chi connectivity index (χ0n) is 21.4. The van der Waals surface area contributed by atoms with Crippen LogP contribution in [0.1, 0.15) is 65.9 Å². The number of ether oxygens (including phenoxy) is 2. The van der Waals surface area contributed by atoms with Crippen molar-refractivity contribution in [3.63, 3.8) is 0 Å². The Morgan fingerprint density at radius 2 is 1.84 bits per heavy atom. The number of hydrogen-bond acceptors (Lipinski definition) is 7. The highest BCUT2D eigenvalue weighted by Gasteiger charge is 2.29. The van der Waals surface area contributed by atoms with Gasteiger partial charge in [-0.2, -0.15) is 5.10 Å². The maximum atomic E-state index is 12.9. The first-order chi connectivity index (χ1) is 17.6. The van der Waals surface area contributed by atoms with Crippen LogP contribution >= 0.6 is 0 Å². The quantitative estimate of drug-likeness (QED) is 0.488. The van der Waals surface area contributed by atoms with Crippen LogP contribution in [0.3, 0.4) is 0 Å². The van der Waals surface area contributed by atoms with Gasteiger partial charge in [-0.25, -0.2) is 9.31 Å². The third-order valence-electron chi connectivity index (χ3n) is 6.16. The maximum Gasteiger partial charge on any atom is 0.410 e. The number of ketones is 1. The van der Waals surface area contributed by atoms with Crippen molar-refractivity contribution in [1.82, 2.24) is 24.8 Å². The number of aromatic amines is 1. The van der Waals surface area contributed by atoms with Gasteiger partial charge in [0.05, 0.1) is 31.1 Å². The minimum Gasteiger partial charge on any atom is -0.496 e. The molecule has 11 nitrogen and oxygen atoms in total. The van der Waals surface area contributed by atoms with E-state index in [0.717, 1.165) is 0 Å². The van der Waals surface area contributed by atoms with Crippen LogP contribution in [-0.2, 0) is 4.74 Å². The van der Waals surface area contributed by atoms with Gasteiger partial charge in [0.15, 0.2) is 5.78 Å². The highest BCUT2D eigenvalue weighted by atomic mass is 16.6. The van der Waals surface area contributed by atoms with Gasteiger partial charge >= 0.3 is 6.09 Å². The van der Waals surface area contributed by atoms with Crippen molar-refractivity contribution in [3.05, 3.63) is 63.7 Å². The summed E-state index contributed by atoms with van der Waals surface area (Å²) in [5.41, 5.74) is 0.482. The van der Waals surface area contributed by atoms with Crippen LogP contribution in [0.25, 0.3) is 5.65 Å². The fraction of sp³-hybridized carbons (Fsp3) is 0.423. The molecule has 3 aromatic rings. The number of nitrogens with one attached hydrogen (secondary N) is 2. The Hall–Kier alpha value is -4.15. The van der Waals surface area contributed by atoms with E-state index in [0.29, 0.717) is 42.9 Å². The van der Waals surface area contributed by atoms with Crippen molar-refractivity contribution in [2.75, 3.05) is 26.7 Å². The number of nitrogens with zero attached hydrogens (tertiary/aromatic N) is 3. The van der Waals surface area contributed by atoms with Crippen LogP contribution in [-0.4, -0.2) is 69.6 Å². The number of hydrogen-bond donors (Lipinski definition) is 2. The summed E-state index contributed by atoms with van der Waals surface area (Å²) in [6.45, 7) is 6.18. The standard InChI is InChI=1S/C26H31N5O6/c1-26(2,3)37-25(35)30-11-9-16(10-12-30)19-13-22(33)29-23-18(14-28-31(19)23)24(34)27-15-20(32)17-7-5-6-8-21(17)36-4/h5-8,13-14,16H,9-12,15H2,1-4H3,(H,27,34)(H,29,33). The van der Waals surface area contributed by atoms with Gasteiger partial charge in [0.25, 0.3) is 11.5 Å². The Balaban J connectivity index is 1.48. The highest BCUT2D eigenvalue weighted by Crippen LogP contribution is 2.28. The van der Waals surface area contributed by atoms with E-state index in [9.17, 15) is 19.2 Å². The molecule has 2 aromatic heterocycles. The molecule has 4 rings (SSSR count). The van der Waals surface area contributed by atoms with E-state index in [1.807, 2.05) is 20.8 Å². The van der Waals surface area contributed by atoms with E-state index >= 15 is 0 Å². The van der Waals surface area contributed by atoms with E-state index < -0.39 is 11.5 Å². The summed E-state index contributed by atoms with van der Waals surface area (Å²) < 4.78 is 12.2. The van der Waals surface area contributed by atoms with Crippen LogP contribution in [0.5, 0.6) is 5.75 Å². The first-order valence-corrected chi connectivity index (χ1v) is 12.1. The lowest BCUT2D eigenvalue weighted by atomic mass is 9.93. The summed E-state index contributed by atoms with van der Waals surface area (Å²) in [4.78, 5) is 54.8. The van der Waals surface area contributed by atoms with Gasteiger partial charge in [-0.3, -0.25) is 14.4 Å². The van der Waals surface area contributed by atoms with Crippen molar-refractivity contribution < 1.29 is 23.9 Å². The van der Waals surface area contributed by atoms with Gasteiger partial charge in [0.2, 0.25) is 0 Å². The number of piperidine rings is 1. The van der Waals surface area contributed by atoms with Crippen molar-refractivity contribution in [1.29, 1.82) is 0 Å². The molecule has 0 aliphatic carbocycles. The molecular weight excluding hydrogens is 478 g/mol. The lowest BCUT2D eigenvalue weighted by Crippen LogP contribution is -2.41. The molecule has 1 aliphatic rings. The summed E-state index contributed by atoms with van der Waals surface area (Å²) in [6.07, 6.45) is 2.25. The van der Waals surface area contributed by atoms with Crippen LogP contribution in [0.15, 0.2) is 41.3 Å². The number of rotatable bonds is 6. The number of fused-ring (bicyclic) bond motifs is 1. The smallest absolute Gasteiger partial charge is 0.410 e. The number of Topliss-reactive ketones (excluding diaryl/α,β-unsaturated/α-hetero) is 1. The summed E-state index contributed by atoms with van der Waals surface area (Å²) in [5, 5.41) is 6.95. The Labute approximate surface area is 213 Å². The largest absolute Gasteiger partial charge is 0.496 e. The average molecular weight is 510 g/mol. The number of para-hydroxylation sites is 1. The average Bonchev–Trinajstić information content (AvgIpc) is 3.29. The number of carbonyl (C=O) groups excluding carboxylic acids is 3. The molecule has 3 heterocycles. The zero-order valence-corrected chi connectivity index (χ0v) is 21.4. The molecule has 11 heteroatoms. The Kier molecular flexibility index (Phi) is 7.33. The van der Waals surface area contributed by atoms with E-state index in [1.54, 1.807) is 33.7 Å². The maximum absolute atomic E-state index is 12.9. The van der Waals surface area contributed by atoms with Crippen LogP contribution < -0.4 is 15.6 Å². The molecular formula is C26H31N5O6. The predicted octanol–water partition coefficient (Wildman–Crippen LogP) is 2.76. The number of H-pyrrole nitrogens is 1. The topological polar surface area (TPSA) is 135 Å². The fourth-order valence-corrected chi connectivity index (χ4v) is 4.38. The Bertz CT molecular complexity index is 1380.